The Morgan fingerprint density at radius 1 is 1.30 bits per heavy atom. The molecule has 3 aromatic rings. The lowest BCUT2D eigenvalue weighted by atomic mass is 10.2. The minimum atomic E-state index is 0.141. The van der Waals surface area contributed by atoms with Crippen LogP contribution in [-0.4, -0.2) is 15.6 Å². The first kappa shape index (κ1) is 13.6. The van der Waals surface area contributed by atoms with Crippen molar-refractivity contribution in [2.75, 3.05) is 0 Å². The molecule has 2 aromatic heterocycles. The molecular formula is C14H15ClN4S. The number of hydrogen-bond acceptors (Lipinski definition) is 4. The maximum Gasteiger partial charge on any atom is 0.0958 e. The van der Waals surface area contributed by atoms with Crippen LogP contribution in [0, 0.1) is 0 Å². The Morgan fingerprint density at radius 3 is 2.90 bits per heavy atom. The van der Waals surface area contributed by atoms with Crippen LogP contribution in [0.15, 0.2) is 42.7 Å². The first-order valence-electron chi connectivity index (χ1n) is 6.36. The zero-order valence-electron chi connectivity index (χ0n) is 10.8. The van der Waals surface area contributed by atoms with Crippen LogP contribution in [-0.2, 0) is 13.0 Å². The minimum absolute atomic E-state index is 0.141. The molecule has 1 atom stereocenters. The summed E-state index contributed by atoms with van der Waals surface area (Å²) in [5, 5.41) is 0. The smallest absolute Gasteiger partial charge is 0.0958 e. The Bertz CT molecular complexity index is 706. The number of aromatic nitrogens is 2. The van der Waals surface area contributed by atoms with Crippen molar-refractivity contribution in [3.05, 3.63) is 51.9 Å². The Kier molecular flexibility index (Phi) is 4.03. The summed E-state index contributed by atoms with van der Waals surface area (Å²) in [6.07, 6.45) is 2.71. The monoisotopic (exact) mass is 306 g/mol. The fourth-order valence-electron chi connectivity index (χ4n) is 2.27. The lowest BCUT2D eigenvalue weighted by molar-refractivity contribution is 0.463. The molecule has 2 heterocycles. The Labute approximate surface area is 126 Å². The number of hydrogen-bond donors (Lipinski definition) is 2. The molecule has 0 aliphatic rings. The summed E-state index contributed by atoms with van der Waals surface area (Å²) in [5.41, 5.74) is 5.00. The van der Waals surface area contributed by atoms with E-state index in [1.807, 2.05) is 36.7 Å². The molecule has 0 saturated heterocycles. The maximum absolute atomic E-state index is 5.96. The number of halogens is 1. The van der Waals surface area contributed by atoms with E-state index in [1.165, 1.54) is 4.88 Å². The van der Waals surface area contributed by atoms with Crippen molar-refractivity contribution < 1.29 is 0 Å². The van der Waals surface area contributed by atoms with E-state index < -0.39 is 0 Å². The van der Waals surface area contributed by atoms with Gasteiger partial charge in [0, 0.05) is 23.9 Å². The van der Waals surface area contributed by atoms with Gasteiger partial charge in [0.1, 0.15) is 0 Å². The summed E-state index contributed by atoms with van der Waals surface area (Å²) < 4.78 is 2.93. The summed E-state index contributed by atoms with van der Waals surface area (Å²) in [6.45, 7) is 0.770. The molecule has 1 aromatic carbocycles. The number of thiophene rings is 1. The van der Waals surface area contributed by atoms with Crippen LogP contribution in [0.5, 0.6) is 0 Å². The second kappa shape index (κ2) is 5.93. The fourth-order valence-corrected chi connectivity index (χ4v) is 3.44. The average molecular weight is 307 g/mol. The molecule has 4 nitrogen and oxygen atoms in total. The van der Waals surface area contributed by atoms with Crippen molar-refractivity contribution in [1.29, 1.82) is 0 Å². The number of benzene rings is 1. The standard InChI is InChI=1S/C14H15ClN4S/c15-14-6-5-11(20-14)7-10(18-16)8-19-9-17-12-3-1-2-4-13(12)19/h1-6,9-10,18H,7-8,16H2. The van der Waals surface area contributed by atoms with Crippen LogP contribution in [0.1, 0.15) is 4.88 Å². The minimum Gasteiger partial charge on any atom is -0.329 e. The fraction of sp³-hybridized carbons (Fsp3) is 0.214. The zero-order chi connectivity index (χ0) is 13.9. The summed E-state index contributed by atoms with van der Waals surface area (Å²) in [6, 6.07) is 12.2. The van der Waals surface area contributed by atoms with Crippen molar-refractivity contribution in [3.63, 3.8) is 0 Å². The molecule has 0 saturated carbocycles. The third-order valence-electron chi connectivity index (χ3n) is 3.26. The van der Waals surface area contributed by atoms with Crippen molar-refractivity contribution >= 4 is 34.0 Å². The molecule has 20 heavy (non-hydrogen) atoms. The van der Waals surface area contributed by atoms with Crippen LogP contribution in [0.2, 0.25) is 4.34 Å². The van der Waals surface area contributed by atoms with E-state index in [0.29, 0.717) is 0 Å². The summed E-state index contributed by atoms with van der Waals surface area (Å²) in [5.74, 6) is 5.68. The number of fused-ring (bicyclic) bond motifs is 1. The van der Waals surface area contributed by atoms with Gasteiger partial charge in [0.2, 0.25) is 0 Å². The van der Waals surface area contributed by atoms with E-state index in [2.05, 4.69) is 21.0 Å². The van der Waals surface area contributed by atoms with E-state index in [4.69, 9.17) is 17.4 Å². The molecule has 0 spiro atoms. The molecule has 0 aliphatic heterocycles. The number of imidazole rings is 1. The van der Waals surface area contributed by atoms with Gasteiger partial charge in [0.15, 0.2) is 0 Å². The van der Waals surface area contributed by atoms with E-state index in [-0.39, 0.29) is 6.04 Å². The van der Waals surface area contributed by atoms with Gasteiger partial charge in [0.05, 0.1) is 21.7 Å². The Balaban J connectivity index is 1.77. The van der Waals surface area contributed by atoms with Gasteiger partial charge in [0.25, 0.3) is 0 Å². The van der Waals surface area contributed by atoms with Gasteiger partial charge in [-0.2, -0.15) is 0 Å². The second-order valence-electron chi connectivity index (χ2n) is 4.66. The highest BCUT2D eigenvalue weighted by Gasteiger charge is 2.12. The molecular weight excluding hydrogens is 292 g/mol. The lowest BCUT2D eigenvalue weighted by Gasteiger charge is -2.16. The average Bonchev–Trinajstić information content (AvgIpc) is 3.05. The molecule has 3 N–H and O–H groups in total. The predicted molar refractivity (Wildman–Crippen MR) is 83.9 cm³/mol. The topological polar surface area (TPSA) is 55.9 Å². The molecule has 0 bridgehead atoms. The van der Waals surface area contributed by atoms with E-state index in [1.54, 1.807) is 11.3 Å². The first-order valence-corrected chi connectivity index (χ1v) is 7.56. The van der Waals surface area contributed by atoms with Crippen LogP contribution in [0.4, 0.5) is 0 Å². The molecule has 104 valence electrons. The molecule has 3 rings (SSSR count). The van der Waals surface area contributed by atoms with Crippen LogP contribution < -0.4 is 11.3 Å². The maximum atomic E-state index is 5.96. The number of para-hydroxylation sites is 2. The van der Waals surface area contributed by atoms with Gasteiger partial charge in [-0.05, 0) is 24.3 Å². The number of nitrogens with one attached hydrogen (secondary N) is 1. The molecule has 0 radical (unpaired) electrons. The van der Waals surface area contributed by atoms with Gasteiger partial charge in [-0.15, -0.1) is 11.3 Å². The van der Waals surface area contributed by atoms with E-state index >= 15 is 0 Å². The molecule has 0 aliphatic carbocycles. The third-order valence-corrected chi connectivity index (χ3v) is 4.51. The van der Waals surface area contributed by atoms with Crippen LogP contribution in [0.3, 0.4) is 0 Å². The summed E-state index contributed by atoms with van der Waals surface area (Å²) >= 11 is 7.55. The van der Waals surface area contributed by atoms with Crippen molar-refractivity contribution in [1.82, 2.24) is 15.0 Å². The first-order chi connectivity index (χ1) is 9.76. The van der Waals surface area contributed by atoms with Gasteiger partial charge in [-0.1, -0.05) is 23.7 Å². The van der Waals surface area contributed by atoms with Gasteiger partial charge in [-0.3, -0.25) is 11.3 Å². The Hall–Kier alpha value is -1.40. The summed E-state index contributed by atoms with van der Waals surface area (Å²) in [4.78, 5) is 5.62. The number of rotatable bonds is 5. The normalized spacial score (nSPS) is 12.9. The lowest BCUT2D eigenvalue weighted by Crippen LogP contribution is -2.39. The zero-order valence-corrected chi connectivity index (χ0v) is 12.4. The highest BCUT2D eigenvalue weighted by Crippen LogP contribution is 2.23. The van der Waals surface area contributed by atoms with Crippen molar-refractivity contribution in [2.45, 2.75) is 19.0 Å². The summed E-state index contributed by atoms with van der Waals surface area (Å²) in [7, 11) is 0. The van der Waals surface area contributed by atoms with Crippen molar-refractivity contribution in [3.8, 4) is 0 Å². The highest BCUT2D eigenvalue weighted by molar-refractivity contribution is 7.16. The molecule has 6 heteroatoms. The number of nitrogens with two attached hydrogens (primary N) is 1. The quantitative estimate of drug-likeness (QED) is 0.563. The molecule has 0 fully saturated rings. The number of hydrazine groups is 1. The molecule has 1 unspecified atom stereocenters. The second-order valence-corrected chi connectivity index (χ2v) is 6.46. The van der Waals surface area contributed by atoms with Crippen molar-refractivity contribution in [2.24, 2.45) is 5.84 Å². The van der Waals surface area contributed by atoms with E-state index in [9.17, 15) is 0 Å². The number of nitrogens with zero attached hydrogens (tertiary/aromatic N) is 2. The van der Waals surface area contributed by atoms with Gasteiger partial charge in [-0.25, -0.2) is 4.98 Å². The third kappa shape index (κ3) is 2.86. The van der Waals surface area contributed by atoms with Crippen LogP contribution in [0.25, 0.3) is 11.0 Å². The van der Waals surface area contributed by atoms with Crippen LogP contribution >= 0.6 is 22.9 Å². The Morgan fingerprint density at radius 2 is 2.15 bits per heavy atom. The van der Waals surface area contributed by atoms with Gasteiger partial charge >= 0.3 is 0 Å². The molecule has 0 amide bonds. The predicted octanol–water partition coefficient (Wildman–Crippen LogP) is 2.83. The highest BCUT2D eigenvalue weighted by atomic mass is 35.5. The van der Waals surface area contributed by atoms with E-state index in [0.717, 1.165) is 28.3 Å². The largest absolute Gasteiger partial charge is 0.329 e. The SMILES string of the molecule is NNC(Cc1ccc(Cl)s1)Cn1cnc2ccccc21. The van der Waals surface area contributed by atoms with Gasteiger partial charge < -0.3 is 4.57 Å².